The van der Waals surface area contributed by atoms with Gasteiger partial charge in [-0.1, -0.05) is 141 Å². The summed E-state index contributed by atoms with van der Waals surface area (Å²) in [7, 11) is -6.00. The molecule has 0 amide bonds. The first-order valence-corrected chi connectivity index (χ1v) is 22.9. The van der Waals surface area contributed by atoms with Crippen molar-refractivity contribution in [3.05, 3.63) is 53.4 Å². The second-order valence-electron chi connectivity index (χ2n) is 15.9. The highest BCUT2D eigenvalue weighted by atomic mass is 19.5. The number of esters is 2. The van der Waals surface area contributed by atoms with E-state index in [1.54, 1.807) is 0 Å². The number of hydrogen-bond donors (Lipinski definition) is 0. The number of hydrogen-bond acceptors (Lipinski definition) is 4. The molecular formula is C47H82BF4NO4. The van der Waals surface area contributed by atoms with Gasteiger partial charge < -0.3 is 26.7 Å². The Morgan fingerprint density at radius 2 is 0.895 bits per heavy atom. The quantitative estimate of drug-likeness (QED) is 0.0171. The van der Waals surface area contributed by atoms with Crippen LogP contribution in [0.4, 0.5) is 17.3 Å². The van der Waals surface area contributed by atoms with Crippen LogP contribution in [-0.4, -0.2) is 31.9 Å². The SMILES string of the molecule is CCCCCCCC/C=C\CCCCCCCC(=O)OCC(C[n+]1c(C)cc(C)cc1C)OC(=O)CCCCCCC/C=C\CCCCCCCC.F[B-](F)(F)F. The summed E-state index contributed by atoms with van der Waals surface area (Å²) in [4.78, 5) is 25.5. The minimum Gasteiger partial charge on any atom is -0.461 e. The molecule has 0 saturated heterocycles. The largest absolute Gasteiger partial charge is 0.673 e. The number of aryl methyl sites for hydroxylation is 3. The van der Waals surface area contributed by atoms with E-state index in [0.717, 1.165) is 62.8 Å². The van der Waals surface area contributed by atoms with Crippen LogP contribution < -0.4 is 4.57 Å². The van der Waals surface area contributed by atoms with Gasteiger partial charge in [-0.15, -0.1) is 0 Å². The number of unbranched alkanes of at least 4 members (excludes halogenated alkanes) is 22. The van der Waals surface area contributed by atoms with Gasteiger partial charge in [-0.25, -0.2) is 0 Å². The first-order valence-electron chi connectivity index (χ1n) is 22.9. The van der Waals surface area contributed by atoms with E-state index in [1.807, 2.05) is 0 Å². The average molecular weight is 812 g/mol. The first-order chi connectivity index (χ1) is 27.4. The summed E-state index contributed by atoms with van der Waals surface area (Å²) in [6.07, 6.45) is 41.7. The number of ether oxygens (including phenoxy) is 2. The molecule has 0 aliphatic rings. The zero-order chi connectivity index (χ0) is 42.4. The topological polar surface area (TPSA) is 56.5 Å². The predicted octanol–water partition coefficient (Wildman–Crippen LogP) is 14.7. The fourth-order valence-electron chi connectivity index (χ4n) is 6.93. The molecule has 1 heterocycles. The number of carbonyl (C=O) groups excluding carboxylic acids is 2. The van der Waals surface area contributed by atoms with Crippen molar-refractivity contribution in [3.63, 3.8) is 0 Å². The van der Waals surface area contributed by atoms with Crippen molar-refractivity contribution >= 4 is 19.2 Å². The lowest BCUT2D eigenvalue weighted by Gasteiger charge is -2.17. The lowest BCUT2D eigenvalue weighted by molar-refractivity contribution is -0.714. The third kappa shape index (κ3) is 38.6. The van der Waals surface area contributed by atoms with Crippen LogP contribution in [0, 0.1) is 20.8 Å². The Kier molecular flexibility index (Phi) is 35.9. The van der Waals surface area contributed by atoms with Crippen molar-refractivity contribution in [3.8, 4) is 0 Å². The van der Waals surface area contributed by atoms with Crippen LogP contribution in [0.1, 0.15) is 211 Å². The van der Waals surface area contributed by atoms with Crippen LogP contribution in [-0.2, 0) is 25.6 Å². The van der Waals surface area contributed by atoms with Gasteiger partial charge in [0.05, 0.1) is 0 Å². The van der Waals surface area contributed by atoms with Crippen LogP contribution in [0.15, 0.2) is 36.4 Å². The molecule has 10 heteroatoms. The summed E-state index contributed by atoms with van der Waals surface area (Å²) < 4.78 is 52.8. The molecule has 1 aromatic heterocycles. The Morgan fingerprint density at radius 3 is 1.28 bits per heavy atom. The molecule has 330 valence electrons. The number of nitrogens with zero attached hydrogens (tertiary/aromatic N) is 1. The van der Waals surface area contributed by atoms with Crippen molar-refractivity contribution in [2.24, 2.45) is 0 Å². The number of pyridine rings is 1. The maximum absolute atomic E-state index is 12.9. The number of carbonyl (C=O) groups is 2. The molecule has 0 aliphatic carbocycles. The smallest absolute Gasteiger partial charge is 0.461 e. The molecule has 1 aromatic rings. The Bertz CT molecular complexity index is 1160. The van der Waals surface area contributed by atoms with Gasteiger partial charge in [0.15, 0.2) is 24.0 Å². The fraction of sp³-hybridized carbons (Fsp3) is 0.766. The highest BCUT2D eigenvalue weighted by molar-refractivity contribution is 6.50. The molecular weight excluding hydrogens is 729 g/mol. The fourth-order valence-corrected chi connectivity index (χ4v) is 6.93. The van der Waals surface area contributed by atoms with E-state index in [1.165, 1.54) is 121 Å². The van der Waals surface area contributed by atoms with Crippen LogP contribution in [0.3, 0.4) is 0 Å². The van der Waals surface area contributed by atoms with E-state index < -0.39 is 13.4 Å². The van der Waals surface area contributed by atoms with Gasteiger partial charge >= 0.3 is 19.2 Å². The van der Waals surface area contributed by atoms with E-state index in [9.17, 15) is 26.9 Å². The molecule has 0 N–H and O–H groups in total. The van der Waals surface area contributed by atoms with E-state index in [0.29, 0.717) is 19.4 Å². The molecule has 0 bridgehead atoms. The molecule has 0 fully saturated rings. The summed E-state index contributed by atoms with van der Waals surface area (Å²) in [5.74, 6) is -0.391. The highest BCUT2D eigenvalue weighted by Crippen LogP contribution is 2.14. The molecule has 5 nitrogen and oxygen atoms in total. The second-order valence-corrected chi connectivity index (χ2v) is 15.9. The zero-order valence-corrected chi connectivity index (χ0v) is 36.9. The number of rotatable bonds is 35. The van der Waals surface area contributed by atoms with Crippen LogP contribution in [0.5, 0.6) is 0 Å². The van der Waals surface area contributed by atoms with Crippen molar-refractivity contribution in [2.45, 2.75) is 227 Å². The van der Waals surface area contributed by atoms with Crippen molar-refractivity contribution < 1.29 is 40.9 Å². The molecule has 0 saturated carbocycles. The van der Waals surface area contributed by atoms with Gasteiger partial charge in [-0.2, -0.15) is 4.57 Å². The summed E-state index contributed by atoms with van der Waals surface area (Å²) in [5, 5.41) is 0. The van der Waals surface area contributed by atoms with Crippen LogP contribution >= 0.6 is 0 Å². The van der Waals surface area contributed by atoms with Gasteiger partial charge in [0, 0.05) is 38.8 Å². The highest BCUT2D eigenvalue weighted by Gasteiger charge is 2.24. The van der Waals surface area contributed by atoms with Gasteiger partial charge in [0.1, 0.15) is 6.61 Å². The van der Waals surface area contributed by atoms with E-state index in [2.05, 4.69) is 75.6 Å². The lowest BCUT2D eigenvalue weighted by Crippen LogP contribution is -2.48. The summed E-state index contributed by atoms with van der Waals surface area (Å²) in [6, 6.07) is 4.27. The maximum atomic E-state index is 12.9. The predicted molar refractivity (Wildman–Crippen MR) is 231 cm³/mol. The van der Waals surface area contributed by atoms with E-state index in [-0.39, 0.29) is 18.5 Å². The molecule has 1 atom stereocenters. The molecule has 1 unspecified atom stereocenters. The molecule has 1 rings (SSSR count). The number of halogens is 4. The summed E-state index contributed by atoms with van der Waals surface area (Å²) in [5.41, 5.74) is 3.42. The first kappa shape index (κ1) is 54.4. The Hall–Kier alpha value is -2.65. The van der Waals surface area contributed by atoms with E-state index >= 15 is 0 Å². The molecule has 0 aromatic carbocycles. The molecule has 57 heavy (non-hydrogen) atoms. The van der Waals surface area contributed by atoms with Gasteiger partial charge in [-0.05, 0) is 76.7 Å². The van der Waals surface area contributed by atoms with Crippen LogP contribution in [0.2, 0.25) is 0 Å². The monoisotopic (exact) mass is 812 g/mol. The Morgan fingerprint density at radius 1 is 0.561 bits per heavy atom. The average Bonchev–Trinajstić information content (AvgIpc) is 3.14. The number of aromatic nitrogens is 1. The van der Waals surface area contributed by atoms with Crippen molar-refractivity contribution in [1.82, 2.24) is 0 Å². The number of allylic oxidation sites excluding steroid dienone is 4. The standard InChI is InChI=1S/C47H82NO4.BF4/c1-6-8-10-12-14-16-18-20-22-24-26-28-30-32-34-36-46(49)51-41-45(40-48-43(4)38-42(3)39-44(48)5)52-47(50)37-35-33-31-29-27-25-23-21-19-17-15-13-11-9-7-2;2-1(3,4)5/h20-23,38-39,45H,6-19,24-37,40-41H2,1-5H3;/q+1;-1/b22-20-,23-21-;. The Balaban J connectivity index is 0.00000587. The molecule has 0 radical (unpaired) electrons. The lowest BCUT2D eigenvalue weighted by atomic mass is 10.1. The second kappa shape index (κ2) is 37.6. The third-order valence-electron chi connectivity index (χ3n) is 10.1. The minimum absolute atomic E-state index is 0.0990. The minimum atomic E-state index is -6.00. The van der Waals surface area contributed by atoms with Gasteiger partial charge in [-0.3, -0.25) is 9.59 Å². The maximum Gasteiger partial charge on any atom is 0.673 e. The third-order valence-corrected chi connectivity index (χ3v) is 10.1. The van der Waals surface area contributed by atoms with Crippen molar-refractivity contribution in [1.29, 1.82) is 0 Å². The van der Waals surface area contributed by atoms with Crippen molar-refractivity contribution in [2.75, 3.05) is 6.61 Å². The van der Waals surface area contributed by atoms with Crippen LogP contribution in [0.25, 0.3) is 0 Å². The van der Waals surface area contributed by atoms with E-state index in [4.69, 9.17) is 9.47 Å². The summed E-state index contributed by atoms with van der Waals surface area (Å²) >= 11 is 0. The molecule has 0 spiro atoms. The Labute approximate surface area is 346 Å². The summed E-state index contributed by atoms with van der Waals surface area (Å²) in [6.45, 7) is 11.4. The zero-order valence-electron chi connectivity index (χ0n) is 36.9. The molecule has 0 aliphatic heterocycles. The van der Waals surface area contributed by atoms with Gasteiger partial charge in [0.2, 0.25) is 0 Å². The normalized spacial score (nSPS) is 12.2. The van der Waals surface area contributed by atoms with Gasteiger partial charge in [0.25, 0.3) is 0 Å².